The molecule has 3 heteroatoms. The lowest BCUT2D eigenvalue weighted by Gasteiger charge is -2.24. The highest BCUT2D eigenvalue weighted by molar-refractivity contribution is 9.10. The van der Waals surface area contributed by atoms with Gasteiger partial charge in [0.2, 0.25) is 0 Å². The van der Waals surface area contributed by atoms with Crippen LogP contribution >= 0.6 is 15.9 Å². The van der Waals surface area contributed by atoms with Crippen molar-refractivity contribution >= 4 is 15.9 Å². The summed E-state index contributed by atoms with van der Waals surface area (Å²) in [5.41, 5.74) is 1.34. The lowest BCUT2D eigenvalue weighted by molar-refractivity contribution is 0.333. The van der Waals surface area contributed by atoms with Gasteiger partial charge in [0, 0.05) is 6.04 Å². The van der Waals surface area contributed by atoms with E-state index < -0.39 is 0 Å². The SMILES string of the molecule is CCNC(CCC(C)(C)C)c1ccc(Br)c(F)c1. The molecule has 0 fully saturated rings. The Morgan fingerprint density at radius 3 is 2.50 bits per heavy atom. The van der Waals surface area contributed by atoms with Crippen LogP contribution in [0, 0.1) is 11.2 Å². The molecular formula is C15H23BrFN. The van der Waals surface area contributed by atoms with Crippen LogP contribution in [0.4, 0.5) is 4.39 Å². The summed E-state index contributed by atoms with van der Waals surface area (Å²) < 4.78 is 14.1. The van der Waals surface area contributed by atoms with Gasteiger partial charge in [0.1, 0.15) is 5.82 Å². The van der Waals surface area contributed by atoms with E-state index in [0.29, 0.717) is 9.89 Å². The molecule has 0 saturated heterocycles. The highest BCUT2D eigenvalue weighted by Crippen LogP contribution is 2.28. The number of hydrogen-bond donors (Lipinski definition) is 1. The van der Waals surface area contributed by atoms with Crippen LogP contribution in [-0.4, -0.2) is 6.54 Å². The van der Waals surface area contributed by atoms with Gasteiger partial charge in [-0.15, -0.1) is 0 Å². The van der Waals surface area contributed by atoms with Crippen LogP contribution in [0.5, 0.6) is 0 Å². The zero-order valence-electron chi connectivity index (χ0n) is 11.7. The van der Waals surface area contributed by atoms with Gasteiger partial charge in [0.05, 0.1) is 4.47 Å². The fourth-order valence-corrected chi connectivity index (χ4v) is 2.19. The molecule has 0 radical (unpaired) electrons. The summed E-state index contributed by atoms with van der Waals surface area (Å²) in [7, 11) is 0. The molecule has 0 aliphatic carbocycles. The maximum Gasteiger partial charge on any atom is 0.137 e. The number of nitrogens with one attached hydrogen (secondary N) is 1. The molecule has 0 bridgehead atoms. The quantitative estimate of drug-likeness (QED) is 0.800. The first-order chi connectivity index (χ1) is 8.33. The van der Waals surface area contributed by atoms with Crippen molar-refractivity contribution in [1.29, 1.82) is 0 Å². The maximum absolute atomic E-state index is 13.6. The first-order valence-electron chi connectivity index (χ1n) is 6.52. The molecule has 0 spiro atoms. The van der Waals surface area contributed by atoms with E-state index in [-0.39, 0.29) is 11.9 Å². The second-order valence-electron chi connectivity index (χ2n) is 5.88. The molecule has 1 unspecified atom stereocenters. The van der Waals surface area contributed by atoms with E-state index in [0.717, 1.165) is 24.9 Å². The molecule has 0 heterocycles. The second-order valence-corrected chi connectivity index (χ2v) is 6.74. The van der Waals surface area contributed by atoms with Crippen molar-refractivity contribution < 1.29 is 4.39 Å². The zero-order valence-corrected chi connectivity index (χ0v) is 13.3. The van der Waals surface area contributed by atoms with Crippen LogP contribution in [-0.2, 0) is 0 Å². The lowest BCUT2D eigenvalue weighted by Crippen LogP contribution is -2.22. The molecule has 1 nitrogen and oxygen atoms in total. The highest BCUT2D eigenvalue weighted by atomic mass is 79.9. The van der Waals surface area contributed by atoms with Gasteiger partial charge in [-0.05, 0) is 58.4 Å². The van der Waals surface area contributed by atoms with Crippen molar-refractivity contribution in [1.82, 2.24) is 5.32 Å². The van der Waals surface area contributed by atoms with Crippen LogP contribution < -0.4 is 5.32 Å². The molecule has 1 atom stereocenters. The smallest absolute Gasteiger partial charge is 0.137 e. The van der Waals surface area contributed by atoms with Gasteiger partial charge in [0.25, 0.3) is 0 Å². The Bertz CT molecular complexity index is 385. The van der Waals surface area contributed by atoms with Crippen molar-refractivity contribution in [3.8, 4) is 0 Å². The van der Waals surface area contributed by atoms with Crippen LogP contribution in [0.2, 0.25) is 0 Å². The molecule has 1 aromatic carbocycles. The Balaban J connectivity index is 2.80. The van der Waals surface area contributed by atoms with Crippen molar-refractivity contribution in [3.05, 3.63) is 34.1 Å². The van der Waals surface area contributed by atoms with Gasteiger partial charge >= 0.3 is 0 Å². The third-order valence-electron chi connectivity index (χ3n) is 2.98. The first kappa shape index (κ1) is 15.6. The summed E-state index contributed by atoms with van der Waals surface area (Å²) in [6.07, 6.45) is 2.14. The third kappa shape index (κ3) is 5.07. The average molecular weight is 316 g/mol. The van der Waals surface area contributed by atoms with Crippen LogP contribution in [0.1, 0.15) is 52.1 Å². The molecular weight excluding hydrogens is 293 g/mol. The predicted octanol–water partition coefficient (Wildman–Crippen LogP) is 5.07. The number of halogens is 2. The summed E-state index contributed by atoms with van der Waals surface area (Å²) in [5, 5.41) is 3.44. The average Bonchev–Trinajstić information content (AvgIpc) is 2.27. The number of rotatable bonds is 5. The zero-order chi connectivity index (χ0) is 13.8. The van der Waals surface area contributed by atoms with Crippen LogP contribution in [0.25, 0.3) is 0 Å². The van der Waals surface area contributed by atoms with E-state index in [1.165, 1.54) is 0 Å². The Labute approximate surface area is 118 Å². The highest BCUT2D eigenvalue weighted by Gasteiger charge is 2.17. The Hall–Kier alpha value is -0.410. The van der Waals surface area contributed by atoms with Gasteiger partial charge in [0.15, 0.2) is 0 Å². The predicted molar refractivity (Wildman–Crippen MR) is 79.2 cm³/mol. The molecule has 1 N–H and O–H groups in total. The molecule has 1 aromatic rings. The molecule has 0 aliphatic heterocycles. The van der Waals surface area contributed by atoms with E-state index in [1.54, 1.807) is 12.1 Å². The second kappa shape index (κ2) is 6.67. The van der Waals surface area contributed by atoms with Gasteiger partial charge in [-0.25, -0.2) is 4.39 Å². The topological polar surface area (TPSA) is 12.0 Å². The van der Waals surface area contributed by atoms with E-state index in [2.05, 4.69) is 48.9 Å². The van der Waals surface area contributed by atoms with E-state index >= 15 is 0 Å². The fraction of sp³-hybridized carbons (Fsp3) is 0.600. The van der Waals surface area contributed by atoms with E-state index in [1.807, 2.05) is 6.07 Å². The number of hydrogen-bond acceptors (Lipinski definition) is 1. The standard InChI is InChI=1S/C15H23BrFN/c1-5-18-14(8-9-15(2,3)4)11-6-7-12(16)13(17)10-11/h6-7,10,14,18H,5,8-9H2,1-4H3. The number of benzene rings is 1. The van der Waals surface area contributed by atoms with Crippen LogP contribution in [0.3, 0.4) is 0 Å². The molecule has 102 valence electrons. The first-order valence-corrected chi connectivity index (χ1v) is 7.31. The summed E-state index contributed by atoms with van der Waals surface area (Å²) in [4.78, 5) is 0. The fourth-order valence-electron chi connectivity index (χ4n) is 1.94. The minimum absolute atomic E-state index is 0.189. The van der Waals surface area contributed by atoms with Crippen molar-refractivity contribution in [2.75, 3.05) is 6.54 Å². The monoisotopic (exact) mass is 315 g/mol. The van der Waals surface area contributed by atoms with Gasteiger partial charge in [-0.2, -0.15) is 0 Å². The lowest BCUT2D eigenvalue weighted by atomic mass is 9.87. The molecule has 0 aliphatic rings. The van der Waals surface area contributed by atoms with Gasteiger partial charge in [-0.1, -0.05) is 33.8 Å². The molecule has 0 saturated carbocycles. The molecule has 0 aromatic heterocycles. The molecule has 0 amide bonds. The van der Waals surface area contributed by atoms with E-state index in [9.17, 15) is 4.39 Å². The Morgan fingerprint density at radius 1 is 1.33 bits per heavy atom. The largest absolute Gasteiger partial charge is 0.310 e. The van der Waals surface area contributed by atoms with Crippen LogP contribution in [0.15, 0.2) is 22.7 Å². The van der Waals surface area contributed by atoms with Crippen molar-refractivity contribution in [2.24, 2.45) is 5.41 Å². The summed E-state index contributed by atoms with van der Waals surface area (Å²) >= 11 is 3.19. The van der Waals surface area contributed by atoms with Crippen molar-refractivity contribution in [3.63, 3.8) is 0 Å². The van der Waals surface area contributed by atoms with Gasteiger partial charge in [-0.3, -0.25) is 0 Å². The Kier molecular flexibility index (Phi) is 5.80. The maximum atomic E-state index is 13.6. The van der Waals surface area contributed by atoms with Gasteiger partial charge < -0.3 is 5.32 Å². The summed E-state index contributed by atoms with van der Waals surface area (Å²) in [5.74, 6) is -0.189. The normalized spacial score (nSPS) is 13.7. The Morgan fingerprint density at radius 2 is 2.00 bits per heavy atom. The minimum Gasteiger partial charge on any atom is -0.310 e. The van der Waals surface area contributed by atoms with Crippen molar-refractivity contribution in [2.45, 2.75) is 46.6 Å². The van der Waals surface area contributed by atoms with E-state index in [4.69, 9.17) is 0 Å². The molecule has 18 heavy (non-hydrogen) atoms. The minimum atomic E-state index is -0.189. The summed E-state index contributed by atoms with van der Waals surface area (Å²) in [6, 6.07) is 5.63. The summed E-state index contributed by atoms with van der Waals surface area (Å²) in [6.45, 7) is 9.68. The molecule has 1 rings (SSSR count). The third-order valence-corrected chi connectivity index (χ3v) is 3.62.